The maximum atomic E-state index is 12.1. The summed E-state index contributed by atoms with van der Waals surface area (Å²) in [6, 6.07) is 5.37. The van der Waals surface area contributed by atoms with Crippen LogP contribution < -0.4 is 0 Å². The molecule has 0 heterocycles. The fourth-order valence-electron chi connectivity index (χ4n) is 0.541. The van der Waals surface area contributed by atoms with E-state index < -0.39 is 0 Å². The van der Waals surface area contributed by atoms with Crippen LogP contribution >= 0.6 is 0 Å². The molecular formula is C7H5FOZn. The molecule has 1 rings (SSSR count). The molecule has 0 atom stereocenters. The van der Waals surface area contributed by atoms with Gasteiger partial charge < -0.3 is 0 Å². The molecule has 1 aromatic rings. The molecule has 0 aromatic heterocycles. The van der Waals surface area contributed by atoms with Crippen LogP contribution in [0, 0.1) is 5.82 Å². The summed E-state index contributed by atoms with van der Waals surface area (Å²) in [4.78, 5) is 10.00. The van der Waals surface area contributed by atoms with Crippen LogP contribution in [0.4, 0.5) is 4.39 Å². The molecule has 0 unspecified atom stereocenters. The minimum Gasteiger partial charge on any atom is -0.298 e. The van der Waals surface area contributed by atoms with E-state index in [1.807, 2.05) is 0 Å². The SMILES string of the molecule is O=Cc1ccc(F)cc1.[Zn]. The van der Waals surface area contributed by atoms with E-state index in [-0.39, 0.29) is 25.3 Å². The molecule has 1 aromatic carbocycles. The fraction of sp³-hybridized carbons (Fsp3) is 0. The van der Waals surface area contributed by atoms with Gasteiger partial charge in [-0.2, -0.15) is 0 Å². The van der Waals surface area contributed by atoms with Gasteiger partial charge in [-0.3, -0.25) is 4.79 Å². The van der Waals surface area contributed by atoms with Gasteiger partial charge >= 0.3 is 0 Å². The summed E-state index contributed by atoms with van der Waals surface area (Å²) in [6.07, 6.45) is 0.680. The van der Waals surface area contributed by atoms with E-state index in [1.165, 1.54) is 24.3 Å². The first-order valence-corrected chi connectivity index (χ1v) is 2.53. The van der Waals surface area contributed by atoms with Crippen LogP contribution in [0.2, 0.25) is 0 Å². The van der Waals surface area contributed by atoms with Gasteiger partial charge in [0.1, 0.15) is 12.1 Å². The number of halogens is 1. The molecule has 0 aliphatic heterocycles. The van der Waals surface area contributed by atoms with Crippen molar-refractivity contribution in [2.24, 2.45) is 0 Å². The summed E-state index contributed by atoms with van der Waals surface area (Å²) in [5, 5.41) is 0. The van der Waals surface area contributed by atoms with E-state index in [0.717, 1.165) is 0 Å². The molecular weight excluding hydrogens is 184 g/mol. The average Bonchev–Trinajstić information content (AvgIpc) is 1.90. The van der Waals surface area contributed by atoms with E-state index >= 15 is 0 Å². The van der Waals surface area contributed by atoms with Crippen molar-refractivity contribution in [2.75, 3.05) is 0 Å². The van der Waals surface area contributed by atoms with Crippen molar-refractivity contribution in [3.05, 3.63) is 35.6 Å². The molecule has 0 saturated carbocycles. The Labute approximate surface area is 71.0 Å². The zero-order valence-corrected chi connectivity index (χ0v) is 8.35. The predicted octanol–water partition coefficient (Wildman–Crippen LogP) is 1.64. The molecule has 0 bridgehead atoms. The van der Waals surface area contributed by atoms with Crippen LogP contribution in [0.15, 0.2) is 24.3 Å². The Bertz CT molecular complexity index is 207. The molecule has 48 valence electrons. The second kappa shape index (κ2) is 4.29. The molecule has 0 aliphatic rings. The average molecular weight is 190 g/mol. The van der Waals surface area contributed by atoms with Gasteiger partial charge in [-0.05, 0) is 24.3 Å². The number of hydrogen-bond donors (Lipinski definition) is 0. The monoisotopic (exact) mass is 188 g/mol. The predicted molar refractivity (Wildman–Crippen MR) is 31.8 cm³/mol. The third-order valence-electron chi connectivity index (χ3n) is 1.01. The van der Waals surface area contributed by atoms with Crippen molar-refractivity contribution in [1.29, 1.82) is 0 Å². The molecule has 0 fully saturated rings. The Balaban J connectivity index is 0.000000810. The van der Waals surface area contributed by atoms with E-state index in [2.05, 4.69) is 0 Å². The molecule has 0 radical (unpaired) electrons. The van der Waals surface area contributed by atoms with Gasteiger partial charge in [0.25, 0.3) is 0 Å². The van der Waals surface area contributed by atoms with E-state index in [1.54, 1.807) is 0 Å². The summed E-state index contributed by atoms with van der Waals surface area (Å²) in [5.74, 6) is -0.319. The van der Waals surface area contributed by atoms with Gasteiger partial charge in [0.15, 0.2) is 0 Å². The van der Waals surface area contributed by atoms with Crippen molar-refractivity contribution in [2.45, 2.75) is 0 Å². The minimum absolute atomic E-state index is 0. The summed E-state index contributed by atoms with van der Waals surface area (Å²) in [6.45, 7) is 0. The van der Waals surface area contributed by atoms with E-state index in [9.17, 15) is 9.18 Å². The van der Waals surface area contributed by atoms with Crippen LogP contribution in [0.3, 0.4) is 0 Å². The fourth-order valence-corrected chi connectivity index (χ4v) is 0.541. The van der Waals surface area contributed by atoms with Crippen LogP contribution in [-0.4, -0.2) is 6.29 Å². The van der Waals surface area contributed by atoms with Crippen molar-refractivity contribution >= 4 is 6.29 Å². The van der Waals surface area contributed by atoms with Crippen molar-refractivity contribution in [3.63, 3.8) is 0 Å². The molecule has 10 heavy (non-hydrogen) atoms. The summed E-state index contributed by atoms with van der Waals surface area (Å²) >= 11 is 0. The van der Waals surface area contributed by atoms with E-state index in [0.29, 0.717) is 11.8 Å². The maximum absolute atomic E-state index is 12.1. The van der Waals surface area contributed by atoms with Crippen molar-refractivity contribution < 1.29 is 28.7 Å². The Morgan fingerprint density at radius 1 is 1.20 bits per heavy atom. The number of rotatable bonds is 1. The molecule has 0 saturated heterocycles. The molecule has 1 nitrogen and oxygen atoms in total. The first-order valence-electron chi connectivity index (χ1n) is 2.53. The van der Waals surface area contributed by atoms with Crippen molar-refractivity contribution in [1.82, 2.24) is 0 Å². The topological polar surface area (TPSA) is 17.1 Å². The Morgan fingerprint density at radius 3 is 2.10 bits per heavy atom. The van der Waals surface area contributed by atoms with Gasteiger partial charge in [0.05, 0.1) is 0 Å². The van der Waals surface area contributed by atoms with Gasteiger partial charge in [-0.1, -0.05) is 0 Å². The first kappa shape index (κ1) is 9.44. The van der Waals surface area contributed by atoms with E-state index in [4.69, 9.17) is 0 Å². The summed E-state index contributed by atoms with van der Waals surface area (Å²) < 4.78 is 12.1. The van der Waals surface area contributed by atoms with Crippen LogP contribution in [0.5, 0.6) is 0 Å². The third kappa shape index (κ3) is 2.36. The Kier molecular flexibility index (Phi) is 4.05. The number of carbonyl (C=O) groups is 1. The van der Waals surface area contributed by atoms with Crippen LogP contribution in [0.1, 0.15) is 10.4 Å². The third-order valence-corrected chi connectivity index (χ3v) is 1.01. The number of aldehydes is 1. The standard InChI is InChI=1S/C7H5FO.Zn/c8-7-3-1-6(5-9)2-4-7;/h1-5H;. The van der Waals surface area contributed by atoms with Crippen molar-refractivity contribution in [3.8, 4) is 0 Å². The maximum Gasteiger partial charge on any atom is 0.150 e. The normalized spacial score (nSPS) is 8.10. The largest absolute Gasteiger partial charge is 0.298 e. The molecule has 0 spiro atoms. The molecule has 0 aliphatic carbocycles. The Hall–Kier alpha value is -0.557. The first-order chi connectivity index (χ1) is 4.33. The summed E-state index contributed by atoms with van der Waals surface area (Å²) in [5.41, 5.74) is 0.497. The summed E-state index contributed by atoms with van der Waals surface area (Å²) in [7, 11) is 0. The number of hydrogen-bond acceptors (Lipinski definition) is 1. The second-order valence-corrected chi connectivity index (χ2v) is 1.67. The molecule has 0 amide bonds. The zero-order chi connectivity index (χ0) is 6.69. The quantitative estimate of drug-likeness (QED) is 0.485. The van der Waals surface area contributed by atoms with Gasteiger partial charge in [-0.25, -0.2) is 4.39 Å². The number of carbonyl (C=O) groups excluding carboxylic acids is 1. The molecule has 0 N–H and O–H groups in total. The smallest absolute Gasteiger partial charge is 0.150 e. The zero-order valence-electron chi connectivity index (χ0n) is 5.38. The van der Waals surface area contributed by atoms with Gasteiger partial charge in [-0.15, -0.1) is 0 Å². The van der Waals surface area contributed by atoms with Crippen LogP contribution in [0.25, 0.3) is 0 Å². The Morgan fingerprint density at radius 2 is 1.70 bits per heavy atom. The van der Waals surface area contributed by atoms with Gasteiger partial charge in [0, 0.05) is 25.0 Å². The number of benzene rings is 1. The molecule has 3 heteroatoms. The van der Waals surface area contributed by atoms with Crippen LogP contribution in [-0.2, 0) is 19.5 Å². The second-order valence-electron chi connectivity index (χ2n) is 1.67. The van der Waals surface area contributed by atoms with Gasteiger partial charge in [0.2, 0.25) is 0 Å². The minimum atomic E-state index is -0.319.